The predicted octanol–water partition coefficient (Wildman–Crippen LogP) is 7.22. The van der Waals surface area contributed by atoms with Crippen molar-refractivity contribution in [2.24, 2.45) is 10.2 Å². The van der Waals surface area contributed by atoms with Crippen LogP contribution in [0.15, 0.2) is 107 Å². The number of halogens is 6. The lowest BCUT2D eigenvalue weighted by Crippen LogP contribution is -2.17. The lowest BCUT2D eigenvalue weighted by molar-refractivity contribution is -0.138. The van der Waals surface area contributed by atoms with Crippen molar-refractivity contribution in [1.82, 2.24) is 0 Å². The number of rotatable bonds is 12. The van der Waals surface area contributed by atoms with E-state index in [1.807, 2.05) is 0 Å². The highest BCUT2D eigenvalue weighted by Gasteiger charge is 2.30. The number of nitrogens with zero attached hydrogens (tertiary/aromatic N) is 2. The normalized spacial score (nSPS) is 12.2. The summed E-state index contributed by atoms with van der Waals surface area (Å²) >= 11 is 0. The van der Waals surface area contributed by atoms with Crippen molar-refractivity contribution in [3.8, 4) is 11.5 Å². The van der Waals surface area contributed by atoms with Crippen LogP contribution in [0.4, 0.5) is 37.7 Å². The van der Waals surface area contributed by atoms with Gasteiger partial charge in [-0.25, -0.2) is 0 Å². The van der Waals surface area contributed by atoms with Crippen LogP contribution in [0.3, 0.4) is 0 Å². The van der Waals surface area contributed by atoms with Crippen LogP contribution in [0.25, 0.3) is 0 Å². The first-order valence-electron chi connectivity index (χ1n) is 13.2. The minimum Gasteiger partial charge on any atom is -0.457 e. The van der Waals surface area contributed by atoms with Crippen LogP contribution in [0.2, 0.25) is 0 Å². The topological polar surface area (TPSA) is 126 Å². The number of ether oxygens (including phenoxy) is 1. The van der Waals surface area contributed by atoms with Gasteiger partial charge in [0.05, 0.1) is 22.5 Å². The van der Waals surface area contributed by atoms with Gasteiger partial charge >= 0.3 is 12.4 Å². The quantitative estimate of drug-likeness (QED) is 0.0413. The Kier molecular flexibility index (Phi) is 10.3. The summed E-state index contributed by atoms with van der Waals surface area (Å²) in [5, 5.41) is 7.37. The van der Waals surface area contributed by atoms with Crippen LogP contribution in [0.1, 0.15) is 31.8 Å². The highest BCUT2D eigenvalue weighted by Crippen LogP contribution is 2.31. The summed E-state index contributed by atoms with van der Waals surface area (Å²) in [5.41, 5.74) is 2.26. The summed E-state index contributed by atoms with van der Waals surface area (Å²) in [6.07, 6.45) is -8.66. The van der Waals surface area contributed by atoms with E-state index in [-0.39, 0.29) is 46.6 Å². The first-order chi connectivity index (χ1) is 22.3. The number of hydrogen-bond acceptors (Lipinski definition) is 9. The Labute approximate surface area is 261 Å². The highest BCUT2D eigenvalue weighted by atomic mass is 19.4. The van der Waals surface area contributed by atoms with E-state index in [1.54, 1.807) is 0 Å². The molecule has 2 N–H and O–H groups in total. The van der Waals surface area contributed by atoms with Crippen LogP contribution in [0, 0.1) is 0 Å². The average Bonchev–Trinajstić information content (AvgIpc) is 3.05. The molecule has 4 rings (SSSR count). The maximum Gasteiger partial charge on any atom is 0.416 e. The largest absolute Gasteiger partial charge is 0.457 e. The number of nitrogens with one attached hydrogen (secondary N) is 2. The first kappa shape index (κ1) is 33.8. The second-order valence-electron chi connectivity index (χ2n) is 9.41. The number of carbonyl (C=O) groups excluding carboxylic acids is 4. The zero-order valence-electron chi connectivity index (χ0n) is 23.6. The highest BCUT2D eigenvalue weighted by molar-refractivity contribution is 6.64. The van der Waals surface area contributed by atoms with Crippen LogP contribution in [0.5, 0.6) is 11.5 Å². The molecule has 0 atom stereocenters. The molecule has 0 saturated carbocycles. The monoisotopic (exact) mass is 654 g/mol. The molecule has 4 aromatic rings. The van der Waals surface area contributed by atoms with Gasteiger partial charge in [-0.1, -0.05) is 0 Å². The van der Waals surface area contributed by atoms with Crippen LogP contribution in [-0.4, -0.2) is 35.6 Å². The smallest absolute Gasteiger partial charge is 0.416 e. The van der Waals surface area contributed by atoms with E-state index >= 15 is 0 Å². The summed E-state index contributed by atoms with van der Waals surface area (Å²) < 4.78 is 82.0. The van der Waals surface area contributed by atoms with E-state index in [9.17, 15) is 45.5 Å². The molecule has 4 aromatic carbocycles. The number of anilines is 2. The van der Waals surface area contributed by atoms with Gasteiger partial charge in [0.1, 0.15) is 11.5 Å². The molecule has 0 aromatic heterocycles. The fourth-order valence-corrected chi connectivity index (χ4v) is 3.76. The van der Waals surface area contributed by atoms with E-state index in [2.05, 4.69) is 21.1 Å². The lowest BCUT2D eigenvalue weighted by Gasteiger charge is -2.08. The predicted molar refractivity (Wildman–Crippen MR) is 159 cm³/mol. The number of alkyl halides is 6. The lowest BCUT2D eigenvalue weighted by atomic mass is 10.1. The zero-order chi connectivity index (χ0) is 34.2. The van der Waals surface area contributed by atoms with E-state index < -0.39 is 46.5 Å². The Bertz CT molecular complexity index is 1680. The Morgan fingerprint density at radius 1 is 0.532 bits per heavy atom. The SMILES string of the molecule is O=C/C(=N\Nc1ccc(C(F)(F)F)cc1)C(=O)c1ccc(Oc2ccc(C(=O)/C(C=O)=N/Nc3ccc(C(F)(F)F)cc3)cc2)cc1. The summed E-state index contributed by atoms with van der Waals surface area (Å²) in [5.74, 6) is -1.00. The van der Waals surface area contributed by atoms with Crippen LogP contribution in [-0.2, 0) is 21.9 Å². The molecule has 15 heteroatoms. The molecule has 9 nitrogen and oxygen atoms in total. The molecule has 0 aliphatic carbocycles. The number of hydrogen-bond donors (Lipinski definition) is 2. The zero-order valence-corrected chi connectivity index (χ0v) is 23.6. The number of ketones is 2. The van der Waals surface area contributed by atoms with E-state index in [4.69, 9.17) is 4.74 Å². The maximum absolute atomic E-state index is 12.7. The van der Waals surface area contributed by atoms with Crippen molar-refractivity contribution in [3.63, 3.8) is 0 Å². The molecule has 240 valence electrons. The molecule has 0 spiro atoms. The number of aldehydes is 2. The van der Waals surface area contributed by atoms with E-state index in [0.29, 0.717) is 0 Å². The third-order valence-electron chi connectivity index (χ3n) is 6.19. The number of Topliss-reactive ketones (excluding diaryl/α,β-unsaturated/α-hetero) is 2. The van der Waals surface area contributed by atoms with Gasteiger partial charge in [0.15, 0.2) is 24.0 Å². The molecule has 0 amide bonds. The Morgan fingerprint density at radius 3 is 1.13 bits per heavy atom. The van der Waals surface area contributed by atoms with Gasteiger partial charge in [0, 0.05) is 11.1 Å². The van der Waals surface area contributed by atoms with Gasteiger partial charge < -0.3 is 4.74 Å². The number of benzene rings is 4. The summed E-state index contributed by atoms with van der Waals surface area (Å²) in [6, 6.07) is 18.7. The van der Waals surface area contributed by atoms with E-state index in [1.165, 1.54) is 48.5 Å². The fraction of sp³-hybridized carbons (Fsp3) is 0.0625. The molecular weight excluding hydrogens is 634 g/mol. The Balaban J connectivity index is 1.36. The van der Waals surface area contributed by atoms with Crippen molar-refractivity contribution < 1.29 is 50.3 Å². The minimum atomic E-state index is -4.52. The molecule has 0 saturated heterocycles. The van der Waals surface area contributed by atoms with Gasteiger partial charge in [-0.05, 0) is 97.1 Å². The Hall–Kier alpha value is -6.12. The van der Waals surface area contributed by atoms with Crippen LogP contribution >= 0.6 is 0 Å². The molecule has 0 aliphatic rings. The number of hydrazone groups is 2. The molecular formula is C32H20F6N4O5. The third kappa shape index (κ3) is 8.97. The third-order valence-corrected chi connectivity index (χ3v) is 6.19. The molecule has 0 radical (unpaired) electrons. The summed E-state index contributed by atoms with van der Waals surface area (Å²) in [4.78, 5) is 48.3. The second-order valence-corrected chi connectivity index (χ2v) is 9.41. The summed E-state index contributed by atoms with van der Waals surface area (Å²) in [7, 11) is 0. The minimum absolute atomic E-state index is 0.0592. The number of carbonyl (C=O) groups is 4. The fourth-order valence-electron chi connectivity index (χ4n) is 3.76. The second kappa shape index (κ2) is 14.3. The Morgan fingerprint density at radius 2 is 0.851 bits per heavy atom. The molecule has 0 heterocycles. The average molecular weight is 655 g/mol. The van der Waals surface area contributed by atoms with Crippen molar-refractivity contribution >= 4 is 46.9 Å². The van der Waals surface area contributed by atoms with Crippen molar-refractivity contribution in [2.75, 3.05) is 10.9 Å². The van der Waals surface area contributed by atoms with Crippen molar-refractivity contribution in [1.29, 1.82) is 0 Å². The van der Waals surface area contributed by atoms with Gasteiger partial charge in [-0.2, -0.15) is 36.5 Å². The van der Waals surface area contributed by atoms with Crippen molar-refractivity contribution in [2.45, 2.75) is 12.4 Å². The summed E-state index contributed by atoms with van der Waals surface area (Å²) in [6.45, 7) is 0. The molecule has 0 unspecified atom stereocenters. The van der Waals surface area contributed by atoms with Gasteiger partial charge in [0.25, 0.3) is 0 Å². The molecule has 0 fully saturated rings. The van der Waals surface area contributed by atoms with Crippen LogP contribution < -0.4 is 15.6 Å². The molecule has 0 aliphatic heterocycles. The first-order valence-corrected chi connectivity index (χ1v) is 13.2. The molecule has 47 heavy (non-hydrogen) atoms. The van der Waals surface area contributed by atoms with Crippen molar-refractivity contribution in [3.05, 3.63) is 119 Å². The standard InChI is InChI=1S/C32H20F6N4O5/c33-31(34,35)21-5-9-23(10-6-21)39-41-27(17-43)29(45)19-1-13-25(14-2-19)47-26-15-3-20(4-16-26)30(46)28(18-44)42-40-24-11-7-22(8-12-24)32(36,37)38/h1-18,39-40H/b41-27+,42-28+. The van der Waals surface area contributed by atoms with Gasteiger partial charge in [0.2, 0.25) is 11.6 Å². The van der Waals surface area contributed by atoms with Gasteiger partial charge in [-0.3, -0.25) is 30.0 Å². The molecule has 0 bridgehead atoms. The van der Waals surface area contributed by atoms with E-state index in [0.717, 1.165) is 48.5 Å². The van der Waals surface area contributed by atoms with Gasteiger partial charge in [-0.15, -0.1) is 0 Å². The maximum atomic E-state index is 12.7.